The molecule has 0 aromatic heterocycles. The summed E-state index contributed by atoms with van der Waals surface area (Å²) in [6.07, 6.45) is 71.3. The SMILES string of the molecule is CCCCCCCCCCCCCCCc1cccc2ccc(S(=O)(=O)[O-])c(CCCCCCCCCCCCCCC)c12.CCCCCCCCCCCCCCCc1cccc2ccc(S(=O)(=O)[O-])c(CCCCCCCCCCCCCCC)c12.[Ba+2]. The molecule has 0 aliphatic rings. The molecule has 0 spiro atoms. The van der Waals surface area contributed by atoms with E-state index in [-0.39, 0.29) is 58.7 Å². The molecular weight excluding hydrogens is 1260 g/mol. The Balaban J connectivity index is 0.000000600. The van der Waals surface area contributed by atoms with Crippen molar-refractivity contribution in [3.63, 3.8) is 0 Å². The number of fused-ring (bicyclic) bond motifs is 2. The minimum absolute atomic E-state index is 0. The third-order valence-corrected chi connectivity index (χ3v) is 20.9. The van der Waals surface area contributed by atoms with Gasteiger partial charge < -0.3 is 9.11 Å². The molecule has 504 valence electrons. The van der Waals surface area contributed by atoms with Crippen molar-refractivity contribution in [2.45, 2.75) is 397 Å². The summed E-state index contributed by atoms with van der Waals surface area (Å²) < 4.78 is 73.6. The minimum Gasteiger partial charge on any atom is -0.744 e. The van der Waals surface area contributed by atoms with Crippen LogP contribution in [0.4, 0.5) is 0 Å². The molecule has 0 saturated heterocycles. The van der Waals surface area contributed by atoms with E-state index in [9.17, 15) is 25.9 Å². The molecule has 4 rings (SSSR count). The molecule has 0 atom stereocenters. The Hall–Kier alpha value is -1.21. The number of benzene rings is 4. The maximum atomic E-state index is 12.3. The van der Waals surface area contributed by atoms with E-state index < -0.39 is 20.2 Å². The Bertz CT molecular complexity index is 2370. The fourth-order valence-corrected chi connectivity index (χ4v) is 15.2. The van der Waals surface area contributed by atoms with Crippen LogP contribution in [0.15, 0.2) is 70.5 Å². The zero-order valence-electron chi connectivity index (χ0n) is 58.3. The Morgan fingerprint density at radius 3 is 0.640 bits per heavy atom. The second kappa shape index (κ2) is 56.0. The van der Waals surface area contributed by atoms with E-state index in [1.807, 2.05) is 12.1 Å². The first-order valence-corrected chi connectivity index (χ1v) is 40.8. The summed E-state index contributed by atoms with van der Waals surface area (Å²) in [5.41, 5.74) is 3.96. The van der Waals surface area contributed by atoms with Crippen molar-refractivity contribution >= 4 is 90.7 Å². The summed E-state index contributed by atoms with van der Waals surface area (Å²) >= 11 is 0. The van der Waals surface area contributed by atoms with Crippen LogP contribution in [-0.4, -0.2) is 74.8 Å². The zero-order valence-corrected chi connectivity index (χ0v) is 64.4. The summed E-state index contributed by atoms with van der Waals surface area (Å²) in [5.74, 6) is 0. The molecule has 0 fully saturated rings. The van der Waals surface area contributed by atoms with Gasteiger partial charge in [-0.15, -0.1) is 0 Å². The van der Waals surface area contributed by atoms with Crippen LogP contribution in [0.2, 0.25) is 0 Å². The predicted octanol–water partition coefficient (Wildman–Crippen LogP) is 25.6. The smallest absolute Gasteiger partial charge is 0.744 e. The predicted molar refractivity (Wildman–Crippen MR) is 387 cm³/mol. The molecule has 0 aliphatic carbocycles. The molecule has 0 unspecified atom stereocenters. The first-order chi connectivity index (χ1) is 43.0. The van der Waals surface area contributed by atoms with E-state index in [0.717, 1.165) is 84.0 Å². The molecule has 0 heterocycles. The quantitative estimate of drug-likeness (QED) is 0.0247. The van der Waals surface area contributed by atoms with Gasteiger partial charge in [0.1, 0.15) is 20.2 Å². The number of hydrogen-bond donors (Lipinski definition) is 0. The van der Waals surface area contributed by atoms with E-state index in [1.54, 1.807) is 12.1 Å². The molecular formula is C80H134BaO6S2. The fraction of sp³-hybridized carbons (Fsp3) is 0.750. The summed E-state index contributed by atoms with van der Waals surface area (Å²) in [5, 5.41) is 4.19. The van der Waals surface area contributed by atoms with Crippen molar-refractivity contribution in [3.05, 3.63) is 82.9 Å². The molecule has 4 aromatic carbocycles. The molecule has 9 heteroatoms. The number of rotatable bonds is 58. The minimum atomic E-state index is -4.51. The Morgan fingerprint density at radius 2 is 0.438 bits per heavy atom. The van der Waals surface area contributed by atoms with E-state index >= 15 is 0 Å². The molecule has 0 amide bonds. The third-order valence-electron chi connectivity index (χ3n) is 19.1. The van der Waals surface area contributed by atoms with Gasteiger partial charge in [0.2, 0.25) is 0 Å². The summed E-state index contributed by atoms with van der Waals surface area (Å²) in [6, 6.07) is 19.4. The van der Waals surface area contributed by atoms with E-state index in [4.69, 9.17) is 0 Å². The van der Waals surface area contributed by atoms with Gasteiger partial charge in [-0.3, -0.25) is 0 Å². The number of aryl methyl sites for hydroxylation is 4. The molecule has 0 aliphatic heterocycles. The van der Waals surface area contributed by atoms with Crippen LogP contribution < -0.4 is 0 Å². The summed E-state index contributed by atoms with van der Waals surface area (Å²) in [6.45, 7) is 9.09. The summed E-state index contributed by atoms with van der Waals surface area (Å²) in [4.78, 5) is 0.00324. The van der Waals surface area contributed by atoms with Gasteiger partial charge in [0.25, 0.3) is 0 Å². The van der Waals surface area contributed by atoms with Gasteiger partial charge in [-0.25, -0.2) is 16.8 Å². The van der Waals surface area contributed by atoms with Crippen molar-refractivity contribution in [3.8, 4) is 0 Å². The fourth-order valence-electron chi connectivity index (χ4n) is 13.7. The molecule has 0 radical (unpaired) electrons. The second-order valence-corrected chi connectivity index (χ2v) is 29.7. The van der Waals surface area contributed by atoms with Gasteiger partial charge in [0.05, 0.1) is 9.79 Å². The van der Waals surface area contributed by atoms with E-state index in [1.165, 1.54) is 306 Å². The van der Waals surface area contributed by atoms with Crippen molar-refractivity contribution in [2.75, 3.05) is 0 Å². The molecule has 89 heavy (non-hydrogen) atoms. The molecule has 6 nitrogen and oxygen atoms in total. The van der Waals surface area contributed by atoms with Crippen molar-refractivity contribution in [1.29, 1.82) is 0 Å². The van der Waals surface area contributed by atoms with Crippen molar-refractivity contribution in [2.24, 2.45) is 0 Å². The average Bonchev–Trinajstić information content (AvgIpc) is 1.61. The van der Waals surface area contributed by atoms with Crippen LogP contribution in [0.25, 0.3) is 21.5 Å². The second-order valence-electron chi connectivity index (χ2n) is 27.0. The monoisotopic (exact) mass is 1390 g/mol. The van der Waals surface area contributed by atoms with E-state index in [2.05, 4.69) is 64.1 Å². The number of hydrogen-bond acceptors (Lipinski definition) is 6. The van der Waals surface area contributed by atoms with Crippen LogP contribution in [0, 0.1) is 0 Å². The largest absolute Gasteiger partial charge is 2.00 e. The van der Waals surface area contributed by atoms with Crippen molar-refractivity contribution < 1.29 is 25.9 Å². The average molecular weight is 1390 g/mol. The molecule has 0 N–H and O–H groups in total. The maximum Gasteiger partial charge on any atom is 2.00 e. The normalized spacial score (nSPS) is 11.8. The van der Waals surface area contributed by atoms with Crippen LogP contribution in [0.5, 0.6) is 0 Å². The van der Waals surface area contributed by atoms with Gasteiger partial charge in [-0.1, -0.05) is 384 Å². The summed E-state index contributed by atoms with van der Waals surface area (Å²) in [7, 11) is -9.02. The molecule has 0 saturated carbocycles. The Kier molecular flexibility index (Phi) is 52.8. The Morgan fingerprint density at radius 1 is 0.247 bits per heavy atom. The van der Waals surface area contributed by atoms with Gasteiger partial charge in [-0.05, 0) is 107 Å². The van der Waals surface area contributed by atoms with Gasteiger partial charge in [-0.2, -0.15) is 0 Å². The third kappa shape index (κ3) is 40.1. The van der Waals surface area contributed by atoms with Gasteiger partial charge in [0, 0.05) is 0 Å². The maximum absolute atomic E-state index is 12.3. The standard InChI is InChI=1S/2C40H68O3S.Ba/c2*1-3-5-7-9-11-13-15-17-19-21-23-25-27-30-36-31-29-32-37-34-35-39(44(41,42)43)38(40(36)37)33-28-26-24-22-20-18-16-14-12-10-8-6-4-2;/h2*29,31-32,34-35H,3-28,30,33H2,1-2H3,(H,41,42,43);/q;;+2/p-2. The number of unbranched alkanes of at least 4 members (excludes halogenated alkanes) is 48. The first kappa shape index (κ1) is 83.9. The van der Waals surface area contributed by atoms with Gasteiger partial charge in [0.15, 0.2) is 0 Å². The van der Waals surface area contributed by atoms with Gasteiger partial charge >= 0.3 is 48.9 Å². The van der Waals surface area contributed by atoms with Crippen LogP contribution in [0.1, 0.15) is 384 Å². The van der Waals surface area contributed by atoms with Crippen LogP contribution >= 0.6 is 0 Å². The zero-order chi connectivity index (χ0) is 63.4. The van der Waals surface area contributed by atoms with Crippen LogP contribution in [0.3, 0.4) is 0 Å². The molecule has 0 bridgehead atoms. The van der Waals surface area contributed by atoms with Crippen LogP contribution in [-0.2, 0) is 45.9 Å². The topological polar surface area (TPSA) is 114 Å². The molecule has 4 aromatic rings. The van der Waals surface area contributed by atoms with Crippen molar-refractivity contribution in [1.82, 2.24) is 0 Å². The first-order valence-electron chi connectivity index (χ1n) is 38.0. The Labute approximate surface area is 591 Å². The van der Waals surface area contributed by atoms with E-state index in [0.29, 0.717) is 12.8 Å².